The number of fused-ring (bicyclic) bond motifs is 1. The molecule has 0 atom stereocenters. The molecule has 0 saturated heterocycles. The molecule has 0 saturated carbocycles. The van der Waals surface area contributed by atoms with Crippen molar-refractivity contribution in [2.75, 3.05) is 19.0 Å². The number of aromatic nitrogens is 1. The van der Waals surface area contributed by atoms with Gasteiger partial charge in [-0.05, 0) is 62.0 Å². The number of rotatable bonds is 9. The predicted octanol–water partition coefficient (Wildman–Crippen LogP) is 4.73. The van der Waals surface area contributed by atoms with Crippen LogP contribution in [-0.2, 0) is 11.2 Å². The zero-order valence-corrected chi connectivity index (χ0v) is 23.5. The number of methoxy groups -OCH3 is 1. The average Bonchev–Trinajstić information content (AvgIpc) is 2.92. The minimum atomic E-state index is -1.12. The van der Waals surface area contributed by atoms with Gasteiger partial charge in [0.2, 0.25) is 5.91 Å². The van der Waals surface area contributed by atoms with E-state index in [0.29, 0.717) is 11.1 Å². The zero-order valence-electron chi connectivity index (χ0n) is 22.7. The van der Waals surface area contributed by atoms with Crippen LogP contribution in [0, 0.1) is 5.82 Å². The van der Waals surface area contributed by atoms with Gasteiger partial charge in [-0.15, -0.1) is 0 Å². The summed E-state index contributed by atoms with van der Waals surface area (Å²) in [7, 11) is 1.43. The highest BCUT2D eigenvalue weighted by Crippen LogP contribution is 2.35. The number of carbonyl (C=O) groups excluding carboxylic acids is 2. The smallest absolute Gasteiger partial charge is 0.257 e. The number of pyridine rings is 1. The van der Waals surface area contributed by atoms with E-state index in [1.807, 2.05) is 30.3 Å². The van der Waals surface area contributed by atoms with Gasteiger partial charge in [0.15, 0.2) is 16.7 Å². The lowest BCUT2D eigenvalue weighted by Gasteiger charge is -2.19. The van der Waals surface area contributed by atoms with E-state index in [4.69, 9.17) is 21.7 Å². The summed E-state index contributed by atoms with van der Waals surface area (Å²) in [5, 5.41) is 18.5. The predicted molar refractivity (Wildman–Crippen MR) is 158 cm³/mol. The molecular formula is C30H29FN4O5S. The highest BCUT2D eigenvalue weighted by Gasteiger charge is 2.22. The number of nitrogens with zero attached hydrogens (tertiary/aromatic N) is 1. The number of nitrogens with one attached hydrogen (secondary N) is 3. The Hall–Kier alpha value is -4.61. The van der Waals surface area contributed by atoms with Crippen molar-refractivity contribution in [2.45, 2.75) is 25.9 Å². The second-order valence-electron chi connectivity index (χ2n) is 9.76. The van der Waals surface area contributed by atoms with Crippen LogP contribution >= 0.6 is 12.2 Å². The molecule has 4 N–H and O–H groups in total. The molecule has 2 amide bonds. The number of hydrogen-bond donors (Lipinski definition) is 4. The normalized spacial score (nSPS) is 11.0. The van der Waals surface area contributed by atoms with Crippen LogP contribution in [0.15, 0.2) is 72.9 Å². The zero-order chi connectivity index (χ0) is 29.6. The lowest BCUT2D eigenvalue weighted by atomic mass is 10.1. The summed E-state index contributed by atoms with van der Waals surface area (Å²) in [6, 6.07) is 18.2. The number of amides is 2. The minimum absolute atomic E-state index is 0.00725. The first-order valence-electron chi connectivity index (χ1n) is 12.6. The van der Waals surface area contributed by atoms with Crippen LogP contribution in [0.2, 0.25) is 0 Å². The van der Waals surface area contributed by atoms with Gasteiger partial charge >= 0.3 is 0 Å². The van der Waals surface area contributed by atoms with Gasteiger partial charge in [0.05, 0.1) is 24.6 Å². The highest BCUT2D eigenvalue weighted by atomic mass is 32.1. The number of benzene rings is 3. The second-order valence-corrected chi connectivity index (χ2v) is 10.2. The molecular weight excluding hydrogens is 547 g/mol. The van der Waals surface area contributed by atoms with Crippen molar-refractivity contribution >= 4 is 45.7 Å². The molecule has 4 aromatic rings. The number of anilines is 1. The standard InChI is InChI=1S/C30H29FN4O5S/c1-30(2,38)17-33-28(37)26-24(39-3)12-10-20-22(13-14-32-27(20)26)40-23-11-9-19(16-21(23)31)34-29(41)35-25(36)15-18-7-5-4-6-8-18/h4-14,16,38H,15,17H2,1-3H3,(H,33,37)(H2,34,35,36,41). The van der Waals surface area contributed by atoms with Gasteiger partial charge in [-0.1, -0.05) is 30.3 Å². The molecule has 0 aliphatic rings. The van der Waals surface area contributed by atoms with Crippen molar-refractivity contribution in [3.8, 4) is 17.2 Å². The van der Waals surface area contributed by atoms with Crippen molar-refractivity contribution in [3.05, 3.63) is 89.9 Å². The summed E-state index contributed by atoms with van der Waals surface area (Å²) in [5.41, 5.74) is 0.470. The summed E-state index contributed by atoms with van der Waals surface area (Å²) in [4.78, 5) is 29.6. The van der Waals surface area contributed by atoms with E-state index in [1.165, 1.54) is 25.4 Å². The highest BCUT2D eigenvalue weighted by molar-refractivity contribution is 7.80. The third-order valence-corrected chi connectivity index (χ3v) is 6.04. The van der Waals surface area contributed by atoms with E-state index in [2.05, 4.69) is 20.9 Å². The first kappa shape index (κ1) is 29.4. The van der Waals surface area contributed by atoms with Crippen molar-refractivity contribution < 1.29 is 28.6 Å². The van der Waals surface area contributed by atoms with Gasteiger partial charge in [-0.3, -0.25) is 14.6 Å². The molecule has 0 bridgehead atoms. The SMILES string of the molecule is COc1ccc2c(Oc3ccc(NC(=S)NC(=O)Cc4ccccc4)cc3F)ccnc2c1C(=O)NCC(C)(C)O. The fraction of sp³-hybridized carbons (Fsp3) is 0.200. The number of ether oxygens (including phenoxy) is 2. The number of hydrogen-bond acceptors (Lipinski definition) is 7. The number of thiocarbonyl (C=S) groups is 1. The molecule has 41 heavy (non-hydrogen) atoms. The third kappa shape index (κ3) is 7.74. The van der Waals surface area contributed by atoms with Crippen LogP contribution in [0.4, 0.5) is 10.1 Å². The van der Waals surface area contributed by atoms with Crippen LogP contribution in [0.25, 0.3) is 10.9 Å². The topological polar surface area (TPSA) is 122 Å². The molecule has 0 fully saturated rings. The number of carbonyl (C=O) groups is 2. The summed E-state index contributed by atoms with van der Waals surface area (Å²) >= 11 is 5.19. The van der Waals surface area contributed by atoms with Crippen molar-refractivity contribution in [3.63, 3.8) is 0 Å². The average molecular weight is 577 g/mol. The molecule has 4 rings (SSSR count). The van der Waals surface area contributed by atoms with Crippen molar-refractivity contribution in [2.24, 2.45) is 0 Å². The first-order chi connectivity index (χ1) is 19.5. The van der Waals surface area contributed by atoms with Crippen molar-refractivity contribution in [1.82, 2.24) is 15.6 Å². The summed E-state index contributed by atoms with van der Waals surface area (Å²) in [6.07, 6.45) is 1.59. The number of halogens is 1. The van der Waals surface area contributed by atoms with E-state index < -0.39 is 17.3 Å². The quantitative estimate of drug-likeness (QED) is 0.211. The monoisotopic (exact) mass is 576 g/mol. The molecule has 3 aromatic carbocycles. The van der Waals surface area contributed by atoms with Gasteiger partial charge in [-0.25, -0.2) is 4.39 Å². The lowest BCUT2D eigenvalue weighted by Crippen LogP contribution is -2.38. The van der Waals surface area contributed by atoms with E-state index in [-0.39, 0.29) is 52.3 Å². The summed E-state index contributed by atoms with van der Waals surface area (Å²) in [6.45, 7) is 3.15. The van der Waals surface area contributed by atoms with Crippen LogP contribution < -0.4 is 25.4 Å². The molecule has 11 heteroatoms. The largest absolute Gasteiger partial charge is 0.496 e. The number of aliphatic hydroxyl groups is 1. The maximum Gasteiger partial charge on any atom is 0.257 e. The van der Waals surface area contributed by atoms with Gasteiger partial charge in [0, 0.05) is 29.9 Å². The molecule has 212 valence electrons. The Morgan fingerprint density at radius 3 is 2.44 bits per heavy atom. The lowest BCUT2D eigenvalue weighted by molar-refractivity contribution is -0.119. The van der Waals surface area contributed by atoms with Gasteiger partial charge in [0.1, 0.15) is 17.1 Å². The molecule has 0 aliphatic carbocycles. The fourth-order valence-corrected chi connectivity index (χ4v) is 4.16. The maximum absolute atomic E-state index is 15.1. The third-order valence-electron chi connectivity index (χ3n) is 5.83. The molecule has 0 spiro atoms. The molecule has 1 aromatic heterocycles. The molecule has 0 radical (unpaired) electrons. The summed E-state index contributed by atoms with van der Waals surface area (Å²) < 4.78 is 26.3. The van der Waals surface area contributed by atoms with Crippen LogP contribution in [0.3, 0.4) is 0 Å². The van der Waals surface area contributed by atoms with Crippen LogP contribution in [0.5, 0.6) is 17.2 Å². The van der Waals surface area contributed by atoms with E-state index >= 15 is 4.39 Å². The first-order valence-corrected chi connectivity index (χ1v) is 13.0. The van der Waals surface area contributed by atoms with Gasteiger partial charge < -0.3 is 30.5 Å². The molecule has 0 unspecified atom stereocenters. The van der Waals surface area contributed by atoms with E-state index in [1.54, 1.807) is 38.1 Å². The van der Waals surface area contributed by atoms with E-state index in [0.717, 1.165) is 5.56 Å². The molecule has 9 nitrogen and oxygen atoms in total. The Bertz CT molecular complexity index is 1590. The summed E-state index contributed by atoms with van der Waals surface area (Å²) in [5.74, 6) is -1.02. The Labute approximate surface area is 241 Å². The Balaban J connectivity index is 1.50. The maximum atomic E-state index is 15.1. The Morgan fingerprint density at radius 2 is 1.76 bits per heavy atom. The Kier molecular flexibility index (Phi) is 9.10. The second kappa shape index (κ2) is 12.7. The minimum Gasteiger partial charge on any atom is -0.496 e. The van der Waals surface area contributed by atoms with Crippen LogP contribution in [-0.4, -0.2) is 46.3 Å². The van der Waals surface area contributed by atoms with Crippen molar-refractivity contribution in [1.29, 1.82) is 0 Å². The fourth-order valence-electron chi connectivity index (χ4n) is 3.93. The van der Waals surface area contributed by atoms with Gasteiger partial charge in [-0.2, -0.15) is 0 Å². The Morgan fingerprint density at radius 1 is 1.02 bits per heavy atom. The molecule has 0 aliphatic heterocycles. The molecule has 1 heterocycles. The van der Waals surface area contributed by atoms with Gasteiger partial charge in [0.25, 0.3) is 5.91 Å². The van der Waals surface area contributed by atoms with E-state index in [9.17, 15) is 14.7 Å². The van der Waals surface area contributed by atoms with Crippen LogP contribution in [0.1, 0.15) is 29.8 Å².